The Morgan fingerprint density at radius 2 is 2.10 bits per heavy atom. The molecule has 1 N–H and O–H groups in total. The number of aryl methyl sites for hydroxylation is 1. The van der Waals surface area contributed by atoms with E-state index in [0.717, 1.165) is 37.0 Å². The van der Waals surface area contributed by atoms with Gasteiger partial charge in [0.1, 0.15) is 5.82 Å². The normalized spacial score (nSPS) is 18.5. The molecule has 0 amide bonds. The third-order valence-electron chi connectivity index (χ3n) is 4.26. The molecule has 2 aromatic rings. The lowest BCUT2D eigenvalue weighted by Crippen LogP contribution is -2.30. The van der Waals surface area contributed by atoms with Gasteiger partial charge in [0.2, 0.25) is 0 Å². The molecule has 3 rings (SSSR count). The number of fused-ring (bicyclic) bond motifs is 1. The molecular formula is C16H23N3O. The summed E-state index contributed by atoms with van der Waals surface area (Å²) < 4.78 is 7.60. The van der Waals surface area contributed by atoms with E-state index in [1.807, 2.05) is 6.07 Å². The second kappa shape index (κ2) is 5.94. The number of hydrogen-bond acceptors (Lipinski definition) is 3. The van der Waals surface area contributed by atoms with Gasteiger partial charge in [-0.2, -0.15) is 0 Å². The second-order valence-electron chi connectivity index (χ2n) is 5.70. The van der Waals surface area contributed by atoms with E-state index in [0.29, 0.717) is 0 Å². The molecule has 1 aliphatic heterocycles. The first-order valence-corrected chi connectivity index (χ1v) is 7.48. The van der Waals surface area contributed by atoms with Crippen molar-refractivity contribution < 1.29 is 4.74 Å². The molecule has 0 bridgehead atoms. The zero-order valence-corrected chi connectivity index (χ0v) is 12.3. The Kier molecular flexibility index (Phi) is 4.03. The van der Waals surface area contributed by atoms with Crippen LogP contribution in [-0.2, 0) is 11.8 Å². The van der Waals surface area contributed by atoms with Crippen LogP contribution in [0, 0.1) is 5.92 Å². The first-order chi connectivity index (χ1) is 9.75. The fourth-order valence-electron chi connectivity index (χ4n) is 2.94. The molecule has 4 nitrogen and oxygen atoms in total. The van der Waals surface area contributed by atoms with Crippen molar-refractivity contribution in [2.75, 3.05) is 19.8 Å². The molecule has 1 aliphatic rings. The monoisotopic (exact) mass is 273 g/mol. The van der Waals surface area contributed by atoms with Crippen molar-refractivity contribution in [2.45, 2.75) is 25.8 Å². The van der Waals surface area contributed by atoms with Gasteiger partial charge in [-0.15, -0.1) is 0 Å². The van der Waals surface area contributed by atoms with Crippen LogP contribution in [0.15, 0.2) is 24.3 Å². The van der Waals surface area contributed by atoms with Crippen molar-refractivity contribution in [3.8, 4) is 0 Å². The lowest BCUT2D eigenvalue weighted by molar-refractivity contribution is 0.0655. The van der Waals surface area contributed by atoms with Crippen molar-refractivity contribution in [1.29, 1.82) is 0 Å². The van der Waals surface area contributed by atoms with E-state index >= 15 is 0 Å². The van der Waals surface area contributed by atoms with Crippen LogP contribution in [0.5, 0.6) is 0 Å². The highest BCUT2D eigenvalue weighted by atomic mass is 16.5. The molecular weight excluding hydrogens is 250 g/mol. The van der Waals surface area contributed by atoms with Crippen LogP contribution in [-0.4, -0.2) is 29.3 Å². The Morgan fingerprint density at radius 1 is 1.35 bits per heavy atom. The third-order valence-corrected chi connectivity index (χ3v) is 4.26. The third kappa shape index (κ3) is 2.72. The molecule has 1 unspecified atom stereocenters. The maximum absolute atomic E-state index is 5.41. The number of hydrogen-bond donors (Lipinski definition) is 1. The van der Waals surface area contributed by atoms with Gasteiger partial charge in [-0.3, -0.25) is 0 Å². The summed E-state index contributed by atoms with van der Waals surface area (Å²) in [7, 11) is 2.09. The van der Waals surface area contributed by atoms with Crippen molar-refractivity contribution >= 4 is 11.0 Å². The number of rotatable bonds is 4. The lowest BCUT2D eigenvalue weighted by atomic mass is 10.0. The van der Waals surface area contributed by atoms with Crippen molar-refractivity contribution in [3.63, 3.8) is 0 Å². The summed E-state index contributed by atoms with van der Waals surface area (Å²) in [6.45, 7) is 5.06. The lowest BCUT2D eigenvalue weighted by Gasteiger charge is -2.24. The van der Waals surface area contributed by atoms with E-state index in [1.165, 1.54) is 18.4 Å². The van der Waals surface area contributed by atoms with Gasteiger partial charge in [-0.1, -0.05) is 12.1 Å². The van der Waals surface area contributed by atoms with Gasteiger partial charge in [-0.25, -0.2) is 4.98 Å². The van der Waals surface area contributed by atoms with Crippen LogP contribution in [0.25, 0.3) is 11.0 Å². The number of nitrogens with zero attached hydrogens (tertiary/aromatic N) is 2. The van der Waals surface area contributed by atoms with Gasteiger partial charge in [0.15, 0.2) is 0 Å². The Labute approximate surface area is 120 Å². The summed E-state index contributed by atoms with van der Waals surface area (Å²) in [6.07, 6.45) is 2.34. The average molecular weight is 273 g/mol. The SMILES string of the molecule is CC(NCC1CCOCC1)c1nc2ccccc2n1C. The van der Waals surface area contributed by atoms with Crippen molar-refractivity contribution in [3.05, 3.63) is 30.1 Å². The zero-order valence-electron chi connectivity index (χ0n) is 12.3. The summed E-state index contributed by atoms with van der Waals surface area (Å²) >= 11 is 0. The minimum Gasteiger partial charge on any atom is -0.381 e. The molecule has 2 heterocycles. The van der Waals surface area contributed by atoms with Gasteiger partial charge < -0.3 is 14.6 Å². The van der Waals surface area contributed by atoms with E-state index in [4.69, 9.17) is 9.72 Å². The number of nitrogens with one attached hydrogen (secondary N) is 1. The van der Waals surface area contributed by atoms with Crippen molar-refractivity contribution in [1.82, 2.24) is 14.9 Å². The van der Waals surface area contributed by atoms with E-state index in [2.05, 4.69) is 42.1 Å². The van der Waals surface area contributed by atoms with Gasteiger partial charge in [-0.05, 0) is 44.4 Å². The van der Waals surface area contributed by atoms with Crippen LogP contribution >= 0.6 is 0 Å². The Hall–Kier alpha value is -1.39. The highest BCUT2D eigenvalue weighted by Crippen LogP contribution is 2.20. The molecule has 0 radical (unpaired) electrons. The van der Waals surface area contributed by atoms with Crippen LogP contribution < -0.4 is 5.32 Å². The predicted molar refractivity (Wildman–Crippen MR) is 80.7 cm³/mol. The molecule has 1 fully saturated rings. The highest BCUT2D eigenvalue weighted by Gasteiger charge is 2.17. The van der Waals surface area contributed by atoms with Gasteiger partial charge in [0.05, 0.1) is 17.1 Å². The summed E-state index contributed by atoms with van der Waals surface area (Å²) in [4.78, 5) is 4.75. The molecule has 1 aromatic carbocycles. The summed E-state index contributed by atoms with van der Waals surface area (Å²) in [5.74, 6) is 1.85. The van der Waals surface area contributed by atoms with E-state index in [9.17, 15) is 0 Å². The summed E-state index contributed by atoms with van der Waals surface area (Å²) in [6, 6.07) is 8.57. The first-order valence-electron chi connectivity index (χ1n) is 7.48. The molecule has 1 saturated heterocycles. The topological polar surface area (TPSA) is 39.1 Å². The maximum Gasteiger partial charge on any atom is 0.126 e. The summed E-state index contributed by atoms with van der Waals surface area (Å²) in [5, 5.41) is 3.63. The van der Waals surface area contributed by atoms with Crippen LogP contribution in [0.3, 0.4) is 0 Å². The summed E-state index contributed by atoms with van der Waals surface area (Å²) in [5.41, 5.74) is 2.27. The molecule has 108 valence electrons. The molecule has 1 aromatic heterocycles. The highest BCUT2D eigenvalue weighted by molar-refractivity contribution is 5.75. The smallest absolute Gasteiger partial charge is 0.126 e. The Morgan fingerprint density at radius 3 is 2.85 bits per heavy atom. The number of aromatic nitrogens is 2. The molecule has 0 saturated carbocycles. The van der Waals surface area contributed by atoms with Crippen LogP contribution in [0.2, 0.25) is 0 Å². The van der Waals surface area contributed by atoms with E-state index in [1.54, 1.807) is 0 Å². The number of para-hydroxylation sites is 2. The first kappa shape index (κ1) is 13.6. The van der Waals surface area contributed by atoms with E-state index in [-0.39, 0.29) is 6.04 Å². The fraction of sp³-hybridized carbons (Fsp3) is 0.562. The minimum atomic E-state index is 0.273. The van der Waals surface area contributed by atoms with Gasteiger partial charge in [0, 0.05) is 20.3 Å². The number of ether oxygens (including phenoxy) is 1. The number of benzene rings is 1. The van der Waals surface area contributed by atoms with Gasteiger partial charge >= 0.3 is 0 Å². The number of imidazole rings is 1. The predicted octanol–water partition coefficient (Wildman–Crippen LogP) is 2.65. The molecule has 0 aliphatic carbocycles. The molecule has 1 atom stereocenters. The fourth-order valence-corrected chi connectivity index (χ4v) is 2.94. The standard InChI is InChI=1S/C16H23N3O/c1-12(17-11-13-7-9-20-10-8-13)16-18-14-5-3-4-6-15(14)19(16)2/h3-6,12-13,17H,7-11H2,1-2H3. The largest absolute Gasteiger partial charge is 0.381 e. The maximum atomic E-state index is 5.41. The quantitative estimate of drug-likeness (QED) is 0.931. The van der Waals surface area contributed by atoms with Crippen molar-refractivity contribution in [2.24, 2.45) is 13.0 Å². The average Bonchev–Trinajstić information content (AvgIpc) is 2.84. The Balaban J connectivity index is 1.68. The zero-order chi connectivity index (χ0) is 13.9. The molecule has 0 spiro atoms. The van der Waals surface area contributed by atoms with Crippen LogP contribution in [0.1, 0.15) is 31.6 Å². The second-order valence-corrected chi connectivity index (χ2v) is 5.70. The van der Waals surface area contributed by atoms with Gasteiger partial charge in [0.25, 0.3) is 0 Å². The van der Waals surface area contributed by atoms with Crippen LogP contribution in [0.4, 0.5) is 0 Å². The Bertz CT molecular complexity index is 572. The minimum absolute atomic E-state index is 0.273. The molecule has 20 heavy (non-hydrogen) atoms. The van der Waals surface area contributed by atoms with E-state index < -0.39 is 0 Å². The molecule has 4 heteroatoms.